The fourth-order valence-corrected chi connectivity index (χ4v) is 3.43. The van der Waals surface area contributed by atoms with E-state index < -0.39 is 10.0 Å². The summed E-state index contributed by atoms with van der Waals surface area (Å²) >= 11 is 7.21. The van der Waals surface area contributed by atoms with Crippen molar-refractivity contribution < 1.29 is 8.42 Å². The summed E-state index contributed by atoms with van der Waals surface area (Å²) in [6.07, 6.45) is 0.538. The van der Waals surface area contributed by atoms with Gasteiger partial charge in [-0.1, -0.05) is 11.6 Å². The smallest absolute Gasteiger partial charge is 0.242 e. The molecule has 0 saturated heterocycles. The van der Waals surface area contributed by atoms with E-state index in [9.17, 15) is 8.42 Å². The molecule has 2 rings (SSSR count). The number of nitrogen functional groups attached to an aromatic ring is 1. The molecule has 0 aliphatic carbocycles. The molecule has 0 spiro atoms. The molecule has 0 fully saturated rings. The van der Waals surface area contributed by atoms with Crippen LogP contribution in [0.4, 0.5) is 5.69 Å². The van der Waals surface area contributed by atoms with Gasteiger partial charge >= 0.3 is 0 Å². The maximum absolute atomic E-state index is 12.0. The molecule has 0 atom stereocenters. The first-order valence-electron chi connectivity index (χ1n) is 5.41. The van der Waals surface area contributed by atoms with Gasteiger partial charge in [-0.15, -0.1) is 11.3 Å². The second-order valence-corrected chi connectivity index (χ2v) is 6.70. The molecule has 0 unspecified atom stereocenters. The molecule has 102 valence electrons. The van der Waals surface area contributed by atoms with Crippen LogP contribution in [0.15, 0.2) is 34.0 Å². The highest BCUT2D eigenvalue weighted by molar-refractivity contribution is 7.89. The van der Waals surface area contributed by atoms with Crippen LogP contribution in [-0.4, -0.2) is 19.9 Å². The number of hydrogen-bond donors (Lipinski definition) is 2. The number of nitrogens with one attached hydrogen (secondary N) is 1. The first-order chi connectivity index (χ1) is 8.99. The van der Waals surface area contributed by atoms with Gasteiger partial charge in [0.05, 0.1) is 16.9 Å². The molecule has 3 N–H and O–H groups in total. The van der Waals surface area contributed by atoms with Crippen LogP contribution in [0.25, 0.3) is 0 Å². The number of sulfonamides is 1. The van der Waals surface area contributed by atoms with E-state index in [0.717, 1.165) is 5.69 Å². The molecule has 0 amide bonds. The average molecular weight is 318 g/mol. The van der Waals surface area contributed by atoms with E-state index in [1.165, 1.54) is 29.5 Å². The van der Waals surface area contributed by atoms with Crippen molar-refractivity contribution in [2.75, 3.05) is 12.3 Å². The van der Waals surface area contributed by atoms with E-state index in [2.05, 4.69) is 9.71 Å². The molecule has 19 heavy (non-hydrogen) atoms. The maximum Gasteiger partial charge on any atom is 0.242 e. The summed E-state index contributed by atoms with van der Waals surface area (Å²) in [6.45, 7) is 0.272. The number of nitrogens with two attached hydrogens (primary N) is 1. The molecule has 0 aliphatic rings. The summed E-state index contributed by atoms with van der Waals surface area (Å²) in [5.41, 5.74) is 8.36. The van der Waals surface area contributed by atoms with E-state index in [4.69, 9.17) is 17.3 Å². The summed E-state index contributed by atoms with van der Waals surface area (Å²) in [5, 5.41) is 2.28. The van der Waals surface area contributed by atoms with Gasteiger partial charge in [0.15, 0.2) is 0 Å². The first kappa shape index (κ1) is 14.3. The normalized spacial score (nSPS) is 11.6. The van der Waals surface area contributed by atoms with Crippen molar-refractivity contribution in [1.82, 2.24) is 9.71 Å². The van der Waals surface area contributed by atoms with Gasteiger partial charge in [-0.2, -0.15) is 0 Å². The summed E-state index contributed by atoms with van der Waals surface area (Å²) < 4.78 is 26.6. The highest BCUT2D eigenvalue weighted by Crippen LogP contribution is 2.22. The Hall–Kier alpha value is -1.15. The van der Waals surface area contributed by atoms with E-state index in [1.807, 2.05) is 5.38 Å². The number of aromatic nitrogens is 1. The third-order valence-corrected chi connectivity index (χ3v) is 4.82. The highest BCUT2D eigenvalue weighted by Gasteiger charge is 2.17. The molecule has 1 aromatic heterocycles. The molecule has 0 radical (unpaired) electrons. The van der Waals surface area contributed by atoms with Crippen LogP contribution in [0, 0.1) is 0 Å². The number of thiazole rings is 1. The van der Waals surface area contributed by atoms with Crippen molar-refractivity contribution in [2.45, 2.75) is 11.3 Å². The SMILES string of the molecule is Nc1cc(Cl)ccc1S(=O)(=O)NCCc1cscn1. The van der Waals surface area contributed by atoms with Crippen molar-refractivity contribution >= 4 is 38.6 Å². The second-order valence-electron chi connectivity index (χ2n) is 3.81. The summed E-state index contributed by atoms with van der Waals surface area (Å²) in [6, 6.07) is 4.30. The summed E-state index contributed by atoms with van der Waals surface area (Å²) in [4.78, 5) is 4.12. The Kier molecular flexibility index (Phi) is 4.41. The monoisotopic (exact) mass is 317 g/mol. The number of hydrogen-bond acceptors (Lipinski definition) is 5. The van der Waals surface area contributed by atoms with Crippen molar-refractivity contribution in [2.24, 2.45) is 0 Å². The van der Waals surface area contributed by atoms with Gasteiger partial charge in [-0.3, -0.25) is 0 Å². The Morgan fingerprint density at radius 3 is 2.84 bits per heavy atom. The minimum atomic E-state index is -3.62. The van der Waals surface area contributed by atoms with Gasteiger partial charge < -0.3 is 5.73 Å². The van der Waals surface area contributed by atoms with Crippen LogP contribution in [0.5, 0.6) is 0 Å². The van der Waals surface area contributed by atoms with E-state index >= 15 is 0 Å². The standard InChI is InChI=1S/C11H12ClN3O2S2/c12-8-1-2-11(10(13)5-8)19(16,17)15-4-3-9-6-18-7-14-9/h1-2,5-7,15H,3-4,13H2. The maximum atomic E-state index is 12.0. The van der Waals surface area contributed by atoms with Gasteiger partial charge in [-0.25, -0.2) is 18.1 Å². The van der Waals surface area contributed by atoms with Crippen LogP contribution >= 0.6 is 22.9 Å². The van der Waals surface area contributed by atoms with Crippen molar-refractivity contribution in [1.29, 1.82) is 0 Å². The largest absolute Gasteiger partial charge is 0.398 e. The molecule has 0 bridgehead atoms. The zero-order valence-corrected chi connectivity index (χ0v) is 12.2. The van der Waals surface area contributed by atoms with Crippen LogP contribution in [-0.2, 0) is 16.4 Å². The lowest BCUT2D eigenvalue weighted by atomic mass is 10.3. The molecule has 5 nitrogen and oxygen atoms in total. The average Bonchev–Trinajstić information content (AvgIpc) is 2.81. The van der Waals surface area contributed by atoms with E-state index in [-0.39, 0.29) is 17.1 Å². The van der Waals surface area contributed by atoms with Crippen molar-refractivity contribution in [3.8, 4) is 0 Å². The zero-order valence-electron chi connectivity index (χ0n) is 9.84. The fourth-order valence-electron chi connectivity index (χ4n) is 1.52. The highest BCUT2D eigenvalue weighted by atomic mass is 35.5. The molecule has 2 aromatic rings. The minimum Gasteiger partial charge on any atom is -0.398 e. The Balaban J connectivity index is 2.05. The number of anilines is 1. The lowest BCUT2D eigenvalue weighted by Gasteiger charge is -2.08. The molecule has 0 aliphatic heterocycles. The Bertz CT molecular complexity index is 657. The predicted octanol–water partition coefficient (Wildman–Crippen LogP) is 1.90. The Morgan fingerprint density at radius 1 is 1.42 bits per heavy atom. The zero-order chi connectivity index (χ0) is 13.9. The van der Waals surface area contributed by atoms with E-state index in [1.54, 1.807) is 5.51 Å². The van der Waals surface area contributed by atoms with Gasteiger partial charge in [0, 0.05) is 23.4 Å². The van der Waals surface area contributed by atoms with E-state index in [0.29, 0.717) is 11.4 Å². The molecular weight excluding hydrogens is 306 g/mol. The third kappa shape index (κ3) is 3.66. The number of rotatable bonds is 5. The number of nitrogens with zero attached hydrogens (tertiary/aromatic N) is 1. The van der Waals surface area contributed by atoms with Gasteiger partial charge in [-0.05, 0) is 18.2 Å². The summed E-state index contributed by atoms with van der Waals surface area (Å²) in [5.74, 6) is 0. The second kappa shape index (κ2) is 5.87. The third-order valence-electron chi connectivity index (χ3n) is 2.42. The molecule has 8 heteroatoms. The first-order valence-corrected chi connectivity index (χ1v) is 8.21. The van der Waals surface area contributed by atoms with Gasteiger partial charge in [0.25, 0.3) is 0 Å². The van der Waals surface area contributed by atoms with Crippen LogP contribution in [0.2, 0.25) is 5.02 Å². The number of halogens is 1. The lowest BCUT2D eigenvalue weighted by molar-refractivity contribution is 0.582. The Labute approximate surface area is 120 Å². The lowest BCUT2D eigenvalue weighted by Crippen LogP contribution is -2.26. The Morgan fingerprint density at radius 2 is 2.21 bits per heavy atom. The fraction of sp³-hybridized carbons (Fsp3) is 0.182. The quantitative estimate of drug-likeness (QED) is 0.825. The summed E-state index contributed by atoms with van der Waals surface area (Å²) in [7, 11) is -3.62. The topological polar surface area (TPSA) is 85.1 Å². The van der Waals surface area contributed by atoms with Gasteiger partial charge in [0.1, 0.15) is 4.90 Å². The molecular formula is C11H12ClN3O2S2. The van der Waals surface area contributed by atoms with Crippen LogP contribution in [0.3, 0.4) is 0 Å². The molecule has 1 heterocycles. The van der Waals surface area contributed by atoms with Crippen molar-refractivity contribution in [3.05, 3.63) is 39.8 Å². The van der Waals surface area contributed by atoms with Gasteiger partial charge in [0.2, 0.25) is 10.0 Å². The minimum absolute atomic E-state index is 0.0372. The van der Waals surface area contributed by atoms with Crippen LogP contribution in [0.1, 0.15) is 5.69 Å². The predicted molar refractivity (Wildman–Crippen MR) is 76.9 cm³/mol. The molecule has 1 aromatic carbocycles. The number of benzene rings is 1. The molecule has 0 saturated carbocycles. The van der Waals surface area contributed by atoms with Crippen molar-refractivity contribution in [3.63, 3.8) is 0 Å². The van der Waals surface area contributed by atoms with Crippen LogP contribution < -0.4 is 10.5 Å².